The number of rotatable bonds is 6. The second-order valence-corrected chi connectivity index (χ2v) is 6.65. The lowest BCUT2D eigenvalue weighted by atomic mass is 10.2. The number of nitrogens with one attached hydrogen (secondary N) is 2. The van der Waals surface area contributed by atoms with E-state index in [9.17, 15) is 9.59 Å². The number of hydrogen-bond acceptors (Lipinski definition) is 3. The molecule has 1 rings (SSSR count). The molecule has 2 amide bonds. The average molecular weight is 426 g/mol. The minimum atomic E-state index is -1.04. The lowest BCUT2D eigenvalue weighted by Crippen LogP contribution is -2.43. The van der Waals surface area contributed by atoms with E-state index in [-0.39, 0.29) is 0 Å². The smallest absolute Gasteiger partial charge is 0.326 e. The maximum Gasteiger partial charge on any atom is 0.326 e. The summed E-state index contributed by atoms with van der Waals surface area (Å²) in [5.41, 5.74) is 0.561. The van der Waals surface area contributed by atoms with Crippen molar-refractivity contribution in [1.29, 1.82) is 0 Å². The Kier molecular flexibility index (Phi) is 7.39. The number of carbonyl (C=O) groups is 2. The molecule has 0 unspecified atom stereocenters. The number of urea groups is 1. The lowest BCUT2D eigenvalue weighted by Gasteiger charge is -2.15. The Morgan fingerprint density at radius 2 is 2.10 bits per heavy atom. The second-order valence-electron chi connectivity index (χ2n) is 3.89. The van der Waals surface area contributed by atoms with Gasteiger partial charge in [-0.05, 0) is 52.6 Å². The minimum absolute atomic E-state index is 0.379. The number of amides is 2. The van der Waals surface area contributed by atoms with Crippen LogP contribution in [0.3, 0.4) is 0 Å². The average Bonchev–Trinajstić information content (AvgIpc) is 2.38. The first-order valence-electron chi connectivity index (χ1n) is 5.68. The summed E-state index contributed by atoms with van der Waals surface area (Å²) in [7, 11) is 0. The number of aliphatic carboxylic acids is 1. The zero-order valence-electron chi connectivity index (χ0n) is 10.7. The third-order valence-electron chi connectivity index (χ3n) is 2.39. The molecular weight excluding hydrogens is 412 g/mol. The molecule has 8 heteroatoms. The van der Waals surface area contributed by atoms with Crippen molar-refractivity contribution >= 4 is 61.3 Å². The fourth-order valence-corrected chi connectivity index (χ4v) is 2.58. The van der Waals surface area contributed by atoms with Crippen LogP contribution in [0.4, 0.5) is 10.5 Å². The van der Waals surface area contributed by atoms with E-state index in [0.29, 0.717) is 22.3 Å². The van der Waals surface area contributed by atoms with Gasteiger partial charge in [0.25, 0.3) is 0 Å². The minimum Gasteiger partial charge on any atom is -0.480 e. The molecule has 1 aromatic carbocycles. The molecule has 3 N–H and O–H groups in total. The van der Waals surface area contributed by atoms with Crippen molar-refractivity contribution in [2.75, 3.05) is 17.3 Å². The van der Waals surface area contributed by atoms with Gasteiger partial charge in [0.05, 0.1) is 5.69 Å². The Balaban J connectivity index is 2.65. The van der Waals surface area contributed by atoms with Gasteiger partial charge >= 0.3 is 12.0 Å². The van der Waals surface area contributed by atoms with Crippen molar-refractivity contribution < 1.29 is 14.7 Å². The molecule has 20 heavy (non-hydrogen) atoms. The summed E-state index contributed by atoms with van der Waals surface area (Å²) < 4.78 is 1.53. The van der Waals surface area contributed by atoms with Crippen LogP contribution in [0.2, 0.25) is 0 Å². The van der Waals surface area contributed by atoms with E-state index in [1.807, 2.05) is 12.3 Å². The van der Waals surface area contributed by atoms with Crippen LogP contribution in [0.25, 0.3) is 0 Å². The molecular formula is C12H14Br2N2O3S. The topological polar surface area (TPSA) is 78.4 Å². The molecule has 5 nitrogen and oxygen atoms in total. The van der Waals surface area contributed by atoms with Crippen LogP contribution < -0.4 is 10.6 Å². The molecule has 0 fully saturated rings. The summed E-state index contributed by atoms with van der Waals surface area (Å²) in [5, 5.41) is 14.1. The number of hydrogen-bond donors (Lipinski definition) is 3. The zero-order chi connectivity index (χ0) is 15.1. The van der Waals surface area contributed by atoms with Crippen LogP contribution in [-0.2, 0) is 4.79 Å². The van der Waals surface area contributed by atoms with E-state index in [0.717, 1.165) is 4.47 Å². The van der Waals surface area contributed by atoms with Crippen LogP contribution >= 0.6 is 43.6 Å². The van der Waals surface area contributed by atoms with Gasteiger partial charge in [-0.25, -0.2) is 9.59 Å². The van der Waals surface area contributed by atoms with Crippen LogP contribution in [-0.4, -0.2) is 35.2 Å². The van der Waals surface area contributed by atoms with Crippen molar-refractivity contribution in [3.63, 3.8) is 0 Å². The fraction of sp³-hybridized carbons (Fsp3) is 0.333. The van der Waals surface area contributed by atoms with Crippen molar-refractivity contribution in [2.45, 2.75) is 12.5 Å². The quantitative estimate of drug-likeness (QED) is 0.651. The molecule has 1 aromatic rings. The van der Waals surface area contributed by atoms with Crippen LogP contribution in [0.1, 0.15) is 6.42 Å². The summed E-state index contributed by atoms with van der Waals surface area (Å²) in [6.07, 6.45) is 2.27. The van der Waals surface area contributed by atoms with E-state index < -0.39 is 18.0 Å². The molecule has 0 aliphatic rings. The summed E-state index contributed by atoms with van der Waals surface area (Å²) in [5.74, 6) is -0.375. The third-order valence-corrected chi connectivity index (χ3v) is 4.22. The van der Waals surface area contributed by atoms with Gasteiger partial charge in [0.1, 0.15) is 6.04 Å². The largest absolute Gasteiger partial charge is 0.480 e. The summed E-state index contributed by atoms with van der Waals surface area (Å²) in [4.78, 5) is 22.9. The lowest BCUT2D eigenvalue weighted by molar-refractivity contribution is -0.139. The molecule has 0 aliphatic carbocycles. The first-order chi connectivity index (χ1) is 9.43. The van der Waals surface area contributed by atoms with Gasteiger partial charge in [-0.1, -0.05) is 15.9 Å². The van der Waals surface area contributed by atoms with E-state index in [4.69, 9.17) is 5.11 Å². The fourth-order valence-electron chi connectivity index (χ4n) is 1.40. The molecule has 0 aromatic heterocycles. The molecule has 110 valence electrons. The first-order valence-corrected chi connectivity index (χ1v) is 8.66. The summed E-state index contributed by atoms with van der Waals surface area (Å²) in [6.45, 7) is 0. The van der Waals surface area contributed by atoms with Crippen LogP contribution in [0.5, 0.6) is 0 Å². The molecule has 0 saturated heterocycles. The molecule has 0 spiro atoms. The summed E-state index contributed by atoms with van der Waals surface area (Å²) >= 11 is 8.15. The van der Waals surface area contributed by atoms with Crippen molar-refractivity contribution in [2.24, 2.45) is 0 Å². The number of carboxylic acids is 1. The molecule has 0 saturated carbocycles. The maximum atomic E-state index is 11.8. The molecule has 1 atom stereocenters. The Hall–Kier alpha value is -0.730. The van der Waals surface area contributed by atoms with Gasteiger partial charge < -0.3 is 15.7 Å². The van der Waals surface area contributed by atoms with Crippen molar-refractivity contribution in [3.05, 3.63) is 27.1 Å². The zero-order valence-corrected chi connectivity index (χ0v) is 14.6. The Morgan fingerprint density at radius 1 is 1.40 bits per heavy atom. The van der Waals surface area contributed by atoms with E-state index >= 15 is 0 Å². The number of carboxylic acid groups (broad SMARTS) is 1. The van der Waals surface area contributed by atoms with Crippen LogP contribution in [0.15, 0.2) is 27.1 Å². The van der Waals surface area contributed by atoms with Gasteiger partial charge in [-0.3, -0.25) is 0 Å². The highest BCUT2D eigenvalue weighted by Crippen LogP contribution is 2.26. The number of carbonyl (C=O) groups excluding carboxylic acids is 1. The third kappa shape index (κ3) is 5.72. The number of anilines is 1. The maximum absolute atomic E-state index is 11.8. The first kappa shape index (κ1) is 17.3. The predicted molar refractivity (Wildman–Crippen MR) is 88.4 cm³/mol. The van der Waals surface area contributed by atoms with Gasteiger partial charge in [0.15, 0.2) is 0 Å². The van der Waals surface area contributed by atoms with E-state index in [2.05, 4.69) is 42.5 Å². The molecule has 0 heterocycles. The van der Waals surface area contributed by atoms with E-state index in [1.165, 1.54) is 11.8 Å². The van der Waals surface area contributed by atoms with Crippen molar-refractivity contribution in [3.8, 4) is 0 Å². The highest BCUT2D eigenvalue weighted by molar-refractivity contribution is 9.11. The predicted octanol–water partition coefficient (Wildman–Crippen LogP) is 3.54. The van der Waals surface area contributed by atoms with Crippen LogP contribution in [0, 0.1) is 0 Å². The van der Waals surface area contributed by atoms with Gasteiger partial charge in [0.2, 0.25) is 0 Å². The highest BCUT2D eigenvalue weighted by Gasteiger charge is 2.19. The van der Waals surface area contributed by atoms with E-state index in [1.54, 1.807) is 12.1 Å². The standard InChI is InChI=1S/C12H14Br2N2O3S/c1-20-5-4-9(11(17)18)15-12(19)16-10-6-7(13)2-3-8(10)14/h2-3,6,9H,4-5H2,1H3,(H,17,18)(H2,15,16,19)/t9-/m0/s1. The number of halogens is 2. The molecule has 0 aliphatic heterocycles. The summed E-state index contributed by atoms with van der Waals surface area (Å²) in [6, 6.07) is 3.89. The normalized spacial score (nSPS) is 11.8. The Morgan fingerprint density at radius 3 is 2.70 bits per heavy atom. The molecule has 0 radical (unpaired) electrons. The van der Waals surface area contributed by atoms with Gasteiger partial charge in [-0.15, -0.1) is 0 Å². The Bertz CT molecular complexity index is 500. The SMILES string of the molecule is CSCC[C@H](NC(=O)Nc1cc(Br)ccc1Br)C(=O)O. The Labute approximate surface area is 138 Å². The number of benzene rings is 1. The highest BCUT2D eigenvalue weighted by atomic mass is 79.9. The van der Waals surface area contributed by atoms with Gasteiger partial charge in [-0.2, -0.15) is 11.8 Å². The van der Waals surface area contributed by atoms with Crippen molar-refractivity contribution in [1.82, 2.24) is 5.32 Å². The molecule has 0 bridgehead atoms. The second kappa shape index (κ2) is 8.53. The van der Waals surface area contributed by atoms with Gasteiger partial charge in [0, 0.05) is 8.95 Å². The monoisotopic (exact) mass is 424 g/mol. The number of thioether (sulfide) groups is 1.